The second-order valence-electron chi connectivity index (χ2n) is 10.2. The van der Waals surface area contributed by atoms with E-state index in [4.69, 9.17) is 9.15 Å². The van der Waals surface area contributed by atoms with Crippen molar-refractivity contribution >= 4 is 21.6 Å². The first-order valence-corrected chi connectivity index (χ1v) is 15.5. The lowest BCUT2D eigenvalue weighted by Crippen LogP contribution is -2.52. The number of carbonyl (C=O) groups excluding carboxylic acids is 1. The number of morpholine rings is 1. The van der Waals surface area contributed by atoms with Crippen molar-refractivity contribution in [3.63, 3.8) is 0 Å². The molecular weight excluding hydrogens is 570 g/mol. The molecule has 2 aliphatic rings. The van der Waals surface area contributed by atoms with E-state index in [-0.39, 0.29) is 24.1 Å². The average molecular weight is 605 g/mol. The largest absolute Gasteiger partial charge is 0.415 e. The van der Waals surface area contributed by atoms with Crippen LogP contribution < -0.4 is 4.31 Å². The van der Waals surface area contributed by atoms with Crippen LogP contribution in [0.15, 0.2) is 59.0 Å². The van der Waals surface area contributed by atoms with Gasteiger partial charge in [-0.1, -0.05) is 30.3 Å². The fourth-order valence-electron chi connectivity index (χ4n) is 4.93. The molecule has 14 heteroatoms. The minimum atomic E-state index is -3.71. The van der Waals surface area contributed by atoms with Crippen molar-refractivity contribution < 1.29 is 31.1 Å². The Bertz CT molecular complexity index is 1410. The van der Waals surface area contributed by atoms with Gasteiger partial charge >= 0.3 is 6.43 Å². The number of nitrogens with zero attached hydrogens (tertiary/aromatic N) is 6. The minimum absolute atomic E-state index is 0.0325. The molecule has 0 aliphatic carbocycles. The second-order valence-corrected chi connectivity index (χ2v) is 12.2. The Morgan fingerprint density at radius 2 is 1.57 bits per heavy atom. The van der Waals surface area contributed by atoms with Gasteiger partial charge in [0, 0.05) is 51.4 Å². The number of halogens is 2. The van der Waals surface area contributed by atoms with Crippen LogP contribution in [0, 0.1) is 0 Å². The van der Waals surface area contributed by atoms with Gasteiger partial charge in [0.1, 0.15) is 0 Å². The highest BCUT2D eigenvalue weighted by molar-refractivity contribution is 7.92. The van der Waals surface area contributed by atoms with E-state index in [9.17, 15) is 22.0 Å². The number of ether oxygens (including phenoxy) is 1. The highest BCUT2D eigenvalue weighted by Gasteiger charge is 2.27. The molecule has 3 heterocycles. The Morgan fingerprint density at radius 1 is 0.905 bits per heavy atom. The van der Waals surface area contributed by atoms with Crippen molar-refractivity contribution in [1.29, 1.82) is 0 Å². The number of para-hydroxylation sites is 1. The van der Waals surface area contributed by atoms with Crippen LogP contribution in [0.1, 0.15) is 17.9 Å². The van der Waals surface area contributed by atoms with Crippen LogP contribution in [0.2, 0.25) is 0 Å². The lowest BCUT2D eigenvalue weighted by Gasteiger charge is -2.36. The lowest BCUT2D eigenvalue weighted by molar-refractivity contribution is -0.136. The standard InChI is InChI=1S/C28H34F2N6O5S/c29-26(30)28-32-31-27(41-28)23-8-6-22(7-9-23)20-36(24-4-2-1-3-5-24)42(38,39)19-16-33-10-12-34(13-11-33)21-25(37)35-14-17-40-18-15-35/h1-9,26H,10-21H2. The summed E-state index contributed by atoms with van der Waals surface area (Å²) in [5.41, 5.74) is 1.71. The second kappa shape index (κ2) is 13.7. The Labute approximate surface area is 243 Å². The van der Waals surface area contributed by atoms with E-state index < -0.39 is 22.3 Å². The number of anilines is 1. The van der Waals surface area contributed by atoms with E-state index in [1.165, 1.54) is 4.31 Å². The molecule has 0 bridgehead atoms. The maximum Gasteiger partial charge on any atom is 0.314 e. The van der Waals surface area contributed by atoms with Crippen LogP contribution in [-0.4, -0.2) is 111 Å². The van der Waals surface area contributed by atoms with Gasteiger partial charge in [-0.25, -0.2) is 8.42 Å². The molecule has 0 radical (unpaired) electrons. The molecule has 0 atom stereocenters. The van der Waals surface area contributed by atoms with Crippen molar-refractivity contribution in [2.24, 2.45) is 0 Å². The smallest absolute Gasteiger partial charge is 0.314 e. The normalized spacial score (nSPS) is 17.1. The van der Waals surface area contributed by atoms with Gasteiger partial charge in [0.25, 0.3) is 5.89 Å². The van der Waals surface area contributed by atoms with Crippen LogP contribution in [0.3, 0.4) is 0 Å². The fraction of sp³-hybridized carbons (Fsp3) is 0.464. The van der Waals surface area contributed by atoms with Gasteiger partial charge in [-0.3, -0.25) is 18.9 Å². The Hall–Kier alpha value is -3.46. The fourth-order valence-corrected chi connectivity index (χ4v) is 6.43. The molecule has 2 aromatic carbocycles. The molecule has 3 aromatic rings. The van der Waals surface area contributed by atoms with Crippen molar-refractivity contribution in [1.82, 2.24) is 24.9 Å². The van der Waals surface area contributed by atoms with E-state index in [0.29, 0.717) is 82.4 Å². The topological polar surface area (TPSA) is 112 Å². The molecule has 11 nitrogen and oxygen atoms in total. The summed E-state index contributed by atoms with van der Waals surface area (Å²) >= 11 is 0. The SMILES string of the molecule is O=C(CN1CCN(CCS(=O)(=O)N(Cc2ccc(-c3nnc(C(F)F)o3)cc2)c2ccccc2)CC1)N1CCOCC1. The number of amides is 1. The third-order valence-corrected chi connectivity index (χ3v) is 9.10. The zero-order chi connectivity index (χ0) is 29.5. The maximum atomic E-state index is 13.6. The molecule has 0 spiro atoms. The molecule has 0 N–H and O–H groups in total. The van der Waals surface area contributed by atoms with Crippen LogP contribution in [-0.2, 0) is 26.1 Å². The minimum Gasteiger partial charge on any atom is -0.415 e. The maximum absolute atomic E-state index is 13.6. The predicted octanol–water partition coefficient (Wildman–Crippen LogP) is 2.49. The number of benzene rings is 2. The molecule has 1 amide bonds. The zero-order valence-corrected chi connectivity index (χ0v) is 24.0. The first-order chi connectivity index (χ1) is 20.3. The summed E-state index contributed by atoms with van der Waals surface area (Å²) in [6.45, 7) is 5.99. The van der Waals surface area contributed by atoms with E-state index in [2.05, 4.69) is 20.0 Å². The third kappa shape index (κ3) is 7.68. The number of aromatic nitrogens is 2. The molecule has 0 unspecified atom stereocenters. The van der Waals surface area contributed by atoms with Gasteiger partial charge in [-0.15, -0.1) is 10.2 Å². The molecule has 1 aromatic heterocycles. The molecule has 226 valence electrons. The average Bonchev–Trinajstić information content (AvgIpc) is 3.52. The number of alkyl halides is 2. The first kappa shape index (κ1) is 30.0. The molecule has 0 saturated carbocycles. The molecule has 42 heavy (non-hydrogen) atoms. The van der Waals surface area contributed by atoms with E-state index in [0.717, 1.165) is 0 Å². The first-order valence-electron chi connectivity index (χ1n) is 13.8. The summed E-state index contributed by atoms with van der Waals surface area (Å²) < 4.78 is 64.6. The Balaban J connectivity index is 1.18. The van der Waals surface area contributed by atoms with Crippen molar-refractivity contribution in [3.8, 4) is 11.5 Å². The Morgan fingerprint density at radius 3 is 2.21 bits per heavy atom. The van der Waals surface area contributed by atoms with Crippen molar-refractivity contribution in [2.45, 2.75) is 13.0 Å². The lowest BCUT2D eigenvalue weighted by atomic mass is 10.1. The monoisotopic (exact) mass is 604 g/mol. The Kier molecular flexibility index (Phi) is 9.77. The van der Waals surface area contributed by atoms with Crippen molar-refractivity contribution in [3.05, 3.63) is 66.1 Å². The summed E-state index contributed by atoms with van der Waals surface area (Å²) in [6.07, 6.45) is -2.86. The number of piperazine rings is 1. The van der Waals surface area contributed by atoms with Crippen LogP contribution >= 0.6 is 0 Å². The van der Waals surface area contributed by atoms with Gasteiger partial charge in [0.05, 0.1) is 37.7 Å². The summed E-state index contributed by atoms with van der Waals surface area (Å²) in [6, 6.07) is 15.6. The van der Waals surface area contributed by atoms with Gasteiger partial charge in [-0.2, -0.15) is 8.78 Å². The van der Waals surface area contributed by atoms with Crippen LogP contribution in [0.5, 0.6) is 0 Å². The van der Waals surface area contributed by atoms with Gasteiger partial charge in [0.2, 0.25) is 21.8 Å². The van der Waals surface area contributed by atoms with Gasteiger partial charge in [-0.05, 0) is 29.8 Å². The van der Waals surface area contributed by atoms with E-state index >= 15 is 0 Å². The number of hydrogen-bond acceptors (Lipinski definition) is 9. The highest BCUT2D eigenvalue weighted by Crippen LogP contribution is 2.25. The number of hydrogen-bond donors (Lipinski definition) is 0. The van der Waals surface area contributed by atoms with Crippen molar-refractivity contribution in [2.75, 3.05) is 75.6 Å². The predicted molar refractivity (Wildman–Crippen MR) is 151 cm³/mol. The highest BCUT2D eigenvalue weighted by atomic mass is 32.2. The summed E-state index contributed by atoms with van der Waals surface area (Å²) in [7, 11) is -3.71. The molecule has 2 aliphatic heterocycles. The van der Waals surface area contributed by atoms with Gasteiger partial charge < -0.3 is 14.1 Å². The quantitative estimate of drug-likeness (QED) is 0.326. The van der Waals surface area contributed by atoms with Crippen LogP contribution in [0.25, 0.3) is 11.5 Å². The number of sulfonamides is 1. The summed E-state index contributed by atoms with van der Waals surface area (Å²) in [5.74, 6) is -0.741. The third-order valence-electron chi connectivity index (χ3n) is 7.39. The molecule has 5 rings (SSSR count). The zero-order valence-electron chi connectivity index (χ0n) is 23.1. The molecule has 2 fully saturated rings. The van der Waals surface area contributed by atoms with Crippen LogP contribution in [0.4, 0.5) is 14.5 Å². The van der Waals surface area contributed by atoms with E-state index in [1.807, 2.05) is 11.0 Å². The van der Waals surface area contributed by atoms with E-state index in [1.54, 1.807) is 48.5 Å². The summed E-state index contributed by atoms with van der Waals surface area (Å²) in [4.78, 5) is 18.6. The molecule has 2 saturated heterocycles. The molecular formula is C28H34F2N6O5S. The number of carbonyl (C=O) groups is 1. The van der Waals surface area contributed by atoms with Gasteiger partial charge in [0.15, 0.2) is 0 Å². The number of rotatable bonds is 11. The summed E-state index contributed by atoms with van der Waals surface area (Å²) in [5, 5.41) is 7.01.